The number of rotatable bonds is 8. The van der Waals surface area contributed by atoms with Crippen LogP contribution in [0.3, 0.4) is 0 Å². The van der Waals surface area contributed by atoms with Crippen molar-refractivity contribution in [1.82, 2.24) is 19.7 Å². The maximum absolute atomic E-state index is 12.3. The van der Waals surface area contributed by atoms with Crippen molar-refractivity contribution >= 4 is 11.6 Å². The number of nitrogens with zero attached hydrogens (tertiary/aromatic N) is 4. The van der Waals surface area contributed by atoms with E-state index in [0.717, 1.165) is 25.2 Å². The molecule has 2 aromatic carbocycles. The molecule has 0 aliphatic heterocycles. The van der Waals surface area contributed by atoms with E-state index in [0.29, 0.717) is 5.56 Å². The van der Waals surface area contributed by atoms with Crippen LogP contribution in [0.4, 0.5) is 5.69 Å². The smallest absolute Gasteiger partial charge is 0.255 e. The van der Waals surface area contributed by atoms with Gasteiger partial charge in [-0.3, -0.25) is 14.4 Å². The molecule has 6 heteroatoms. The third-order valence-electron chi connectivity index (χ3n) is 4.69. The van der Waals surface area contributed by atoms with Gasteiger partial charge in [-0.1, -0.05) is 30.3 Å². The van der Waals surface area contributed by atoms with Gasteiger partial charge in [-0.25, -0.2) is 4.98 Å². The SMILES string of the molecule is C[C@H](c1cccc(NC(=O)c2ccccc2)c1)N(C)CCCn1cncn1. The third kappa shape index (κ3) is 5.24. The maximum Gasteiger partial charge on any atom is 0.255 e. The molecule has 1 amide bonds. The van der Waals surface area contributed by atoms with Gasteiger partial charge in [0, 0.05) is 30.4 Å². The standard InChI is InChI=1S/C21H25N5O/c1-17(25(2)12-7-13-26-16-22-15-23-26)19-10-6-11-20(14-19)24-21(27)18-8-4-3-5-9-18/h3-6,8-11,14-17H,7,12-13H2,1-2H3,(H,24,27)/t17-/m1/s1. The quantitative estimate of drug-likeness (QED) is 0.664. The molecule has 0 unspecified atom stereocenters. The number of amides is 1. The fraction of sp³-hybridized carbons (Fsp3) is 0.286. The third-order valence-corrected chi connectivity index (χ3v) is 4.69. The topological polar surface area (TPSA) is 63.1 Å². The Kier molecular flexibility index (Phi) is 6.33. The minimum atomic E-state index is -0.0958. The van der Waals surface area contributed by atoms with Crippen molar-refractivity contribution in [1.29, 1.82) is 0 Å². The highest BCUT2D eigenvalue weighted by Crippen LogP contribution is 2.22. The molecule has 1 N–H and O–H groups in total. The van der Waals surface area contributed by atoms with Crippen molar-refractivity contribution in [3.63, 3.8) is 0 Å². The Bertz CT molecular complexity index is 848. The van der Waals surface area contributed by atoms with Crippen LogP contribution >= 0.6 is 0 Å². The first kappa shape index (κ1) is 18.8. The molecule has 6 nitrogen and oxygen atoms in total. The number of carbonyl (C=O) groups excluding carboxylic acids is 1. The molecule has 0 saturated carbocycles. The highest BCUT2D eigenvalue weighted by Gasteiger charge is 2.13. The van der Waals surface area contributed by atoms with Crippen LogP contribution in [0.15, 0.2) is 67.3 Å². The summed E-state index contributed by atoms with van der Waals surface area (Å²) in [7, 11) is 2.11. The summed E-state index contributed by atoms with van der Waals surface area (Å²) < 4.78 is 1.85. The zero-order valence-electron chi connectivity index (χ0n) is 15.7. The molecule has 0 bridgehead atoms. The van der Waals surface area contributed by atoms with Gasteiger partial charge in [-0.15, -0.1) is 0 Å². The molecule has 0 aliphatic rings. The lowest BCUT2D eigenvalue weighted by Crippen LogP contribution is -2.24. The van der Waals surface area contributed by atoms with Gasteiger partial charge in [0.15, 0.2) is 0 Å². The van der Waals surface area contributed by atoms with Crippen molar-refractivity contribution in [3.8, 4) is 0 Å². The Hall–Kier alpha value is -2.99. The maximum atomic E-state index is 12.3. The van der Waals surface area contributed by atoms with Gasteiger partial charge in [0.2, 0.25) is 0 Å². The zero-order chi connectivity index (χ0) is 19.1. The van der Waals surface area contributed by atoms with E-state index in [1.54, 1.807) is 12.7 Å². The van der Waals surface area contributed by atoms with Crippen LogP contribution in [0.25, 0.3) is 0 Å². The highest BCUT2D eigenvalue weighted by atomic mass is 16.1. The fourth-order valence-corrected chi connectivity index (χ4v) is 2.95. The monoisotopic (exact) mass is 363 g/mol. The Morgan fingerprint density at radius 1 is 1.19 bits per heavy atom. The molecule has 3 aromatic rings. The molecule has 27 heavy (non-hydrogen) atoms. The second kappa shape index (κ2) is 9.09. The van der Waals surface area contributed by atoms with Crippen molar-refractivity contribution in [3.05, 3.63) is 78.4 Å². The second-order valence-corrected chi connectivity index (χ2v) is 6.61. The van der Waals surface area contributed by atoms with E-state index in [1.165, 1.54) is 5.56 Å². The number of aryl methyl sites for hydroxylation is 1. The first-order chi connectivity index (χ1) is 13.1. The molecular weight excluding hydrogens is 338 g/mol. The largest absolute Gasteiger partial charge is 0.322 e. The lowest BCUT2D eigenvalue weighted by molar-refractivity contribution is 0.102. The summed E-state index contributed by atoms with van der Waals surface area (Å²) >= 11 is 0. The van der Waals surface area contributed by atoms with Crippen LogP contribution < -0.4 is 5.32 Å². The number of hydrogen-bond donors (Lipinski definition) is 1. The lowest BCUT2D eigenvalue weighted by Gasteiger charge is -2.25. The van der Waals surface area contributed by atoms with Crippen molar-refractivity contribution < 1.29 is 4.79 Å². The Morgan fingerprint density at radius 2 is 2.00 bits per heavy atom. The second-order valence-electron chi connectivity index (χ2n) is 6.61. The van der Waals surface area contributed by atoms with Crippen molar-refractivity contribution in [2.75, 3.05) is 18.9 Å². The van der Waals surface area contributed by atoms with Gasteiger partial charge in [-0.2, -0.15) is 5.10 Å². The molecule has 1 aromatic heterocycles. The van der Waals surface area contributed by atoms with Crippen molar-refractivity contribution in [2.45, 2.75) is 25.9 Å². The van der Waals surface area contributed by atoms with Gasteiger partial charge < -0.3 is 5.32 Å². The molecule has 1 atom stereocenters. The molecule has 140 valence electrons. The van der Waals surface area contributed by atoms with Gasteiger partial charge in [-0.05, 0) is 50.2 Å². The van der Waals surface area contributed by atoms with E-state index in [-0.39, 0.29) is 11.9 Å². The minimum Gasteiger partial charge on any atom is -0.322 e. The Labute approximate surface area is 159 Å². The average Bonchev–Trinajstić information content (AvgIpc) is 3.21. The van der Waals surface area contributed by atoms with E-state index < -0.39 is 0 Å². The van der Waals surface area contributed by atoms with Crippen LogP contribution in [0.2, 0.25) is 0 Å². The number of aromatic nitrogens is 3. The summed E-state index contributed by atoms with van der Waals surface area (Å²) in [5, 5.41) is 7.11. The Morgan fingerprint density at radius 3 is 2.74 bits per heavy atom. The van der Waals surface area contributed by atoms with Gasteiger partial charge in [0.1, 0.15) is 12.7 Å². The van der Waals surface area contributed by atoms with E-state index in [1.807, 2.05) is 53.2 Å². The predicted molar refractivity (Wildman–Crippen MR) is 107 cm³/mol. The summed E-state index contributed by atoms with van der Waals surface area (Å²) in [4.78, 5) is 18.6. The number of anilines is 1. The molecule has 0 saturated heterocycles. The predicted octanol–water partition coefficient (Wildman–Crippen LogP) is 3.61. The number of nitrogens with one attached hydrogen (secondary N) is 1. The van der Waals surface area contributed by atoms with E-state index in [4.69, 9.17) is 0 Å². The summed E-state index contributed by atoms with van der Waals surface area (Å²) in [5.74, 6) is -0.0958. The molecule has 0 fully saturated rings. The van der Waals surface area contributed by atoms with E-state index >= 15 is 0 Å². The first-order valence-electron chi connectivity index (χ1n) is 9.12. The summed E-state index contributed by atoms with van der Waals surface area (Å²) in [6, 6.07) is 17.5. The number of benzene rings is 2. The van der Waals surface area contributed by atoms with Crippen LogP contribution in [-0.2, 0) is 6.54 Å². The van der Waals surface area contributed by atoms with Gasteiger partial charge in [0.25, 0.3) is 5.91 Å². The van der Waals surface area contributed by atoms with E-state index in [9.17, 15) is 4.79 Å². The van der Waals surface area contributed by atoms with Crippen molar-refractivity contribution in [2.24, 2.45) is 0 Å². The molecule has 3 rings (SSSR count). The average molecular weight is 363 g/mol. The molecular formula is C21H25N5O. The van der Waals surface area contributed by atoms with Crippen LogP contribution in [0.5, 0.6) is 0 Å². The highest BCUT2D eigenvalue weighted by molar-refractivity contribution is 6.04. The summed E-state index contributed by atoms with van der Waals surface area (Å²) in [5.41, 5.74) is 2.63. The normalized spacial score (nSPS) is 12.1. The van der Waals surface area contributed by atoms with Crippen LogP contribution in [-0.4, -0.2) is 39.2 Å². The molecule has 0 aliphatic carbocycles. The zero-order valence-corrected chi connectivity index (χ0v) is 15.7. The molecule has 1 heterocycles. The van der Waals surface area contributed by atoms with Crippen LogP contribution in [0.1, 0.15) is 35.3 Å². The van der Waals surface area contributed by atoms with Crippen LogP contribution in [0, 0.1) is 0 Å². The Balaban J connectivity index is 1.57. The molecule has 0 radical (unpaired) electrons. The minimum absolute atomic E-state index is 0.0958. The van der Waals surface area contributed by atoms with Gasteiger partial charge in [0.05, 0.1) is 0 Å². The van der Waals surface area contributed by atoms with E-state index in [2.05, 4.69) is 40.3 Å². The fourth-order valence-electron chi connectivity index (χ4n) is 2.95. The number of hydrogen-bond acceptors (Lipinski definition) is 4. The first-order valence-corrected chi connectivity index (χ1v) is 9.12. The lowest BCUT2D eigenvalue weighted by atomic mass is 10.1. The summed E-state index contributed by atoms with van der Waals surface area (Å²) in [6.45, 7) is 3.97. The van der Waals surface area contributed by atoms with Gasteiger partial charge >= 0.3 is 0 Å². The number of carbonyl (C=O) groups is 1. The summed E-state index contributed by atoms with van der Waals surface area (Å²) in [6.07, 6.45) is 4.29. The molecule has 0 spiro atoms.